The van der Waals surface area contributed by atoms with Crippen LogP contribution in [0.4, 0.5) is 0 Å². The van der Waals surface area contributed by atoms with Crippen LogP contribution in [-0.4, -0.2) is 61.0 Å². The van der Waals surface area contributed by atoms with Crippen LogP contribution in [0.15, 0.2) is 0 Å². The van der Waals surface area contributed by atoms with Crippen LogP contribution < -0.4 is 5.32 Å². The van der Waals surface area contributed by atoms with E-state index in [9.17, 15) is 5.11 Å². The average molecular weight is 258 g/mol. The van der Waals surface area contributed by atoms with Gasteiger partial charge in [-0.15, -0.1) is 0 Å². The van der Waals surface area contributed by atoms with Gasteiger partial charge in [0.25, 0.3) is 0 Å². The van der Waals surface area contributed by atoms with Gasteiger partial charge in [-0.25, -0.2) is 0 Å². The monoisotopic (exact) mass is 258 g/mol. The Bertz CT molecular complexity index is 224. The molecular formula is C14H30N2O2. The third-order valence-corrected chi connectivity index (χ3v) is 4.20. The molecule has 4 heteroatoms. The summed E-state index contributed by atoms with van der Waals surface area (Å²) in [4.78, 5) is 2.51. The van der Waals surface area contributed by atoms with Gasteiger partial charge in [0.15, 0.2) is 0 Å². The highest BCUT2D eigenvalue weighted by molar-refractivity contribution is 4.87. The third-order valence-electron chi connectivity index (χ3n) is 4.20. The van der Waals surface area contributed by atoms with Crippen LogP contribution in [0.5, 0.6) is 0 Å². The Morgan fingerprint density at radius 3 is 2.50 bits per heavy atom. The average Bonchev–Trinajstić information content (AvgIpc) is 2.39. The number of hydrogen-bond donors (Lipinski definition) is 2. The Balaban J connectivity index is 2.38. The molecule has 0 bridgehead atoms. The molecule has 1 saturated heterocycles. The van der Waals surface area contributed by atoms with Gasteiger partial charge in [-0.1, -0.05) is 0 Å². The summed E-state index contributed by atoms with van der Waals surface area (Å²) >= 11 is 0. The number of piperidine rings is 1. The van der Waals surface area contributed by atoms with E-state index in [-0.39, 0.29) is 12.1 Å². The topological polar surface area (TPSA) is 44.7 Å². The lowest BCUT2D eigenvalue weighted by Gasteiger charge is -2.39. The Morgan fingerprint density at radius 2 is 2.06 bits per heavy atom. The number of likely N-dealkylation sites (N-methyl/N-ethyl adjacent to an activating group) is 1. The quantitative estimate of drug-likeness (QED) is 0.721. The molecule has 1 fully saturated rings. The zero-order chi connectivity index (χ0) is 13.6. The maximum absolute atomic E-state index is 9.44. The van der Waals surface area contributed by atoms with Crippen molar-refractivity contribution in [2.45, 2.75) is 57.7 Å². The van der Waals surface area contributed by atoms with Crippen molar-refractivity contribution in [1.29, 1.82) is 0 Å². The van der Waals surface area contributed by atoms with Crippen LogP contribution in [0, 0.1) is 0 Å². The number of aliphatic hydroxyl groups excluding tert-OH is 1. The van der Waals surface area contributed by atoms with E-state index in [0.29, 0.717) is 12.1 Å². The summed E-state index contributed by atoms with van der Waals surface area (Å²) in [5.41, 5.74) is -0.170. The molecule has 1 aliphatic rings. The van der Waals surface area contributed by atoms with Gasteiger partial charge in [0.2, 0.25) is 0 Å². The van der Waals surface area contributed by atoms with Crippen molar-refractivity contribution < 1.29 is 9.84 Å². The zero-order valence-corrected chi connectivity index (χ0v) is 12.4. The van der Waals surface area contributed by atoms with Crippen LogP contribution in [0.3, 0.4) is 0 Å². The molecule has 2 unspecified atom stereocenters. The number of ether oxygens (including phenoxy) is 1. The molecule has 2 N–H and O–H groups in total. The second kappa shape index (κ2) is 7.43. The van der Waals surface area contributed by atoms with Crippen molar-refractivity contribution in [3.05, 3.63) is 0 Å². The number of aliphatic hydroxyl groups is 1. The normalized spacial score (nSPS) is 23.8. The smallest absolute Gasteiger partial charge is 0.0611 e. The molecule has 0 radical (unpaired) electrons. The van der Waals surface area contributed by atoms with Gasteiger partial charge in [-0.3, -0.25) is 0 Å². The number of rotatable bonds is 7. The summed E-state index contributed by atoms with van der Waals surface area (Å²) in [5.74, 6) is 0. The van der Waals surface area contributed by atoms with E-state index >= 15 is 0 Å². The predicted octanol–water partition coefficient (Wildman–Crippen LogP) is 1.24. The van der Waals surface area contributed by atoms with E-state index in [4.69, 9.17) is 4.74 Å². The molecule has 1 rings (SSSR count). The molecule has 0 aromatic carbocycles. The van der Waals surface area contributed by atoms with Crippen LogP contribution >= 0.6 is 0 Å². The third kappa shape index (κ3) is 4.50. The molecule has 0 amide bonds. The molecular weight excluding hydrogens is 228 g/mol. The van der Waals surface area contributed by atoms with Gasteiger partial charge in [0.1, 0.15) is 0 Å². The van der Waals surface area contributed by atoms with E-state index in [1.165, 1.54) is 0 Å². The molecule has 0 aliphatic carbocycles. The molecule has 2 atom stereocenters. The molecule has 0 aromatic rings. The first kappa shape index (κ1) is 15.9. The molecule has 18 heavy (non-hydrogen) atoms. The van der Waals surface area contributed by atoms with Crippen molar-refractivity contribution in [2.75, 3.05) is 33.4 Å². The van der Waals surface area contributed by atoms with E-state index in [1.54, 1.807) is 0 Å². The first-order valence-corrected chi connectivity index (χ1v) is 7.20. The highest BCUT2D eigenvalue weighted by Crippen LogP contribution is 2.21. The molecule has 1 aliphatic heterocycles. The van der Waals surface area contributed by atoms with Gasteiger partial charge >= 0.3 is 0 Å². The first-order valence-electron chi connectivity index (χ1n) is 7.20. The summed E-state index contributed by atoms with van der Waals surface area (Å²) in [6.45, 7) is 9.62. The second-order valence-electron chi connectivity index (χ2n) is 5.71. The van der Waals surface area contributed by atoms with E-state index < -0.39 is 0 Å². The van der Waals surface area contributed by atoms with E-state index in [1.807, 2.05) is 7.05 Å². The molecule has 0 aromatic heterocycles. The van der Waals surface area contributed by atoms with Crippen molar-refractivity contribution in [3.63, 3.8) is 0 Å². The summed E-state index contributed by atoms with van der Waals surface area (Å²) in [6.07, 6.45) is 3.69. The van der Waals surface area contributed by atoms with Gasteiger partial charge < -0.3 is 20.1 Å². The van der Waals surface area contributed by atoms with Crippen LogP contribution in [-0.2, 0) is 4.74 Å². The fraction of sp³-hybridized carbons (Fsp3) is 1.00. The summed E-state index contributed by atoms with van der Waals surface area (Å²) in [5, 5.41) is 12.7. The highest BCUT2D eigenvalue weighted by atomic mass is 16.5. The van der Waals surface area contributed by atoms with Crippen molar-refractivity contribution >= 4 is 0 Å². The number of hydrogen-bond acceptors (Lipinski definition) is 4. The van der Waals surface area contributed by atoms with Crippen molar-refractivity contribution in [1.82, 2.24) is 10.2 Å². The maximum Gasteiger partial charge on any atom is 0.0611 e. The van der Waals surface area contributed by atoms with Crippen LogP contribution in [0.2, 0.25) is 0 Å². The van der Waals surface area contributed by atoms with Crippen LogP contribution in [0.1, 0.15) is 40.0 Å². The lowest BCUT2D eigenvalue weighted by molar-refractivity contribution is 0.000701. The van der Waals surface area contributed by atoms with E-state index in [0.717, 1.165) is 39.0 Å². The molecule has 108 valence electrons. The Hall–Kier alpha value is -0.160. The van der Waals surface area contributed by atoms with Crippen molar-refractivity contribution in [2.24, 2.45) is 0 Å². The Morgan fingerprint density at radius 1 is 1.44 bits per heavy atom. The summed E-state index contributed by atoms with van der Waals surface area (Å²) < 4.78 is 5.68. The maximum atomic E-state index is 9.44. The Labute approximate surface area is 112 Å². The number of nitrogens with one attached hydrogen (secondary N) is 1. The minimum absolute atomic E-state index is 0.170. The molecule has 4 nitrogen and oxygen atoms in total. The fourth-order valence-electron chi connectivity index (χ4n) is 2.75. The van der Waals surface area contributed by atoms with Gasteiger partial charge in [-0.05, 0) is 47.1 Å². The van der Waals surface area contributed by atoms with Gasteiger partial charge in [-0.2, -0.15) is 0 Å². The highest BCUT2D eigenvalue weighted by Gasteiger charge is 2.29. The minimum atomic E-state index is -0.170. The first-order chi connectivity index (χ1) is 8.54. The summed E-state index contributed by atoms with van der Waals surface area (Å²) in [7, 11) is 1.92. The Kier molecular flexibility index (Phi) is 6.57. The zero-order valence-electron chi connectivity index (χ0n) is 12.4. The fourth-order valence-corrected chi connectivity index (χ4v) is 2.75. The minimum Gasteiger partial charge on any atom is -0.394 e. The van der Waals surface area contributed by atoms with Gasteiger partial charge in [0, 0.05) is 31.3 Å². The number of likely N-dealkylation sites (tertiary alicyclic amines) is 1. The summed E-state index contributed by atoms with van der Waals surface area (Å²) in [6, 6.07) is 0.497. The molecule has 0 spiro atoms. The van der Waals surface area contributed by atoms with Crippen LogP contribution in [0.25, 0.3) is 0 Å². The number of nitrogens with zero attached hydrogens (tertiary/aromatic N) is 1. The van der Waals surface area contributed by atoms with E-state index in [2.05, 4.69) is 31.0 Å². The lowest BCUT2D eigenvalue weighted by atomic mass is 9.93. The van der Waals surface area contributed by atoms with Crippen molar-refractivity contribution in [3.8, 4) is 0 Å². The lowest BCUT2D eigenvalue weighted by Crippen LogP contribution is -2.51. The molecule has 0 saturated carbocycles. The predicted molar refractivity (Wildman–Crippen MR) is 74.9 cm³/mol. The largest absolute Gasteiger partial charge is 0.394 e. The standard InChI is InChI=1S/C14H30N2O2/c1-5-18-13-6-8-16(9-7-13)12(2)10-14(3,11-17)15-4/h12-13,15,17H,5-11H2,1-4H3. The SMILES string of the molecule is CCOC1CCN(C(C)CC(C)(CO)NC)CC1. The molecule has 1 heterocycles. The van der Waals surface area contributed by atoms with Gasteiger partial charge in [0.05, 0.1) is 12.7 Å². The second-order valence-corrected chi connectivity index (χ2v) is 5.71.